The minimum atomic E-state index is -0.493. The molecule has 1 aliphatic rings. The Morgan fingerprint density at radius 1 is 1.67 bits per heavy atom. The lowest BCUT2D eigenvalue weighted by molar-refractivity contribution is 0.0571. The van der Waals surface area contributed by atoms with Crippen molar-refractivity contribution in [2.24, 2.45) is 0 Å². The van der Waals surface area contributed by atoms with Gasteiger partial charge in [0.25, 0.3) is 5.91 Å². The highest BCUT2D eigenvalue weighted by atomic mass is 79.9. The first-order valence-corrected chi connectivity index (χ1v) is 6.85. The standard InChI is InChI=1S/C12H18BrN3O2/c1-3-16-7-8(13)4-9(16)12(18)15(2)10-5-14-6-11(10)17/h4,7,10-11,14,17H,3,5-6H2,1-2H3/t10-,11-/m1/s1. The van der Waals surface area contributed by atoms with E-state index in [4.69, 9.17) is 0 Å². The number of aromatic nitrogens is 1. The molecule has 1 aromatic heterocycles. The van der Waals surface area contributed by atoms with Gasteiger partial charge in [0.05, 0.1) is 12.1 Å². The number of rotatable bonds is 3. The summed E-state index contributed by atoms with van der Waals surface area (Å²) in [7, 11) is 1.74. The summed E-state index contributed by atoms with van der Waals surface area (Å²) in [5, 5.41) is 12.9. The quantitative estimate of drug-likeness (QED) is 0.862. The number of aryl methyl sites for hydroxylation is 1. The van der Waals surface area contributed by atoms with E-state index in [1.54, 1.807) is 11.9 Å². The molecule has 5 nitrogen and oxygen atoms in total. The lowest BCUT2D eigenvalue weighted by Crippen LogP contribution is -2.44. The van der Waals surface area contributed by atoms with Crippen molar-refractivity contribution in [1.29, 1.82) is 0 Å². The van der Waals surface area contributed by atoms with E-state index in [1.807, 2.05) is 23.8 Å². The topological polar surface area (TPSA) is 57.5 Å². The van der Waals surface area contributed by atoms with Gasteiger partial charge in [-0.1, -0.05) is 0 Å². The van der Waals surface area contributed by atoms with E-state index in [0.29, 0.717) is 18.8 Å². The maximum Gasteiger partial charge on any atom is 0.270 e. The SMILES string of the molecule is CCn1cc(Br)cc1C(=O)N(C)[C@@H]1CNC[C@H]1O. The number of hydrogen-bond donors (Lipinski definition) is 2. The third-order valence-electron chi connectivity index (χ3n) is 3.39. The van der Waals surface area contributed by atoms with Crippen molar-refractivity contribution in [1.82, 2.24) is 14.8 Å². The highest BCUT2D eigenvalue weighted by Gasteiger charge is 2.32. The molecule has 100 valence electrons. The predicted molar refractivity (Wildman–Crippen MR) is 72.6 cm³/mol. The molecule has 1 aromatic rings. The van der Waals surface area contributed by atoms with Crippen molar-refractivity contribution in [2.75, 3.05) is 20.1 Å². The third kappa shape index (κ3) is 2.46. The van der Waals surface area contributed by atoms with Crippen LogP contribution in [0.4, 0.5) is 0 Å². The summed E-state index contributed by atoms with van der Waals surface area (Å²) in [6.07, 6.45) is 1.40. The summed E-state index contributed by atoms with van der Waals surface area (Å²) in [4.78, 5) is 14.0. The van der Waals surface area contributed by atoms with Crippen LogP contribution in [0.5, 0.6) is 0 Å². The Hall–Kier alpha value is -0.850. The van der Waals surface area contributed by atoms with E-state index in [2.05, 4.69) is 21.2 Å². The maximum atomic E-state index is 12.4. The summed E-state index contributed by atoms with van der Waals surface area (Å²) in [5.74, 6) is -0.0599. The number of carbonyl (C=O) groups is 1. The Morgan fingerprint density at radius 2 is 2.39 bits per heavy atom. The van der Waals surface area contributed by atoms with E-state index < -0.39 is 6.10 Å². The summed E-state index contributed by atoms with van der Waals surface area (Å²) in [6.45, 7) is 3.92. The second-order valence-corrected chi connectivity index (χ2v) is 5.45. The zero-order valence-corrected chi connectivity index (χ0v) is 12.1. The van der Waals surface area contributed by atoms with Crippen LogP contribution in [0.1, 0.15) is 17.4 Å². The Morgan fingerprint density at radius 3 is 2.94 bits per heavy atom. The first kappa shape index (κ1) is 13.6. The Balaban J connectivity index is 2.19. The molecule has 2 rings (SSSR count). The maximum absolute atomic E-state index is 12.4. The first-order chi connectivity index (χ1) is 8.54. The van der Waals surface area contributed by atoms with E-state index in [1.165, 1.54) is 0 Å². The van der Waals surface area contributed by atoms with Crippen LogP contribution in [-0.2, 0) is 6.54 Å². The van der Waals surface area contributed by atoms with E-state index in [9.17, 15) is 9.90 Å². The average molecular weight is 316 g/mol. The fraction of sp³-hybridized carbons (Fsp3) is 0.583. The predicted octanol–water partition coefficient (Wildman–Crippen LogP) is 0.675. The van der Waals surface area contributed by atoms with Gasteiger partial charge in [0.1, 0.15) is 5.69 Å². The van der Waals surface area contributed by atoms with Crippen molar-refractivity contribution in [3.63, 3.8) is 0 Å². The Bertz CT molecular complexity index is 447. The highest BCUT2D eigenvalue weighted by molar-refractivity contribution is 9.10. The molecular formula is C12H18BrN3O2. The number of hydrogen-bond acceptors (Lipinski definition) is 3. The van der Waals surface area contributed by atoms with Gasteiger partial charge in [-0.15, -0.1) is 0 Å². The van der Waals surface area contributed by atoms with Crippen LogP contribution in [0.25, 0.3) is 0 Å². The molecule has 0 bridgehead atoms. The van der Waals surface area contributed by atoms with E-state index in [0.717, 1.165) is 11.0 Å². The van der Waals surface area contributed by atoms with Crippen LogP contribution in [0.3, 0.4) is 0 Å². The zero-order valence-electron chi connectivity index (χ0n) is 10.6. The molecule has 0 radical (unpaired) electrons. The van der Waals surface area contributed by atoms with Crippen molar-refractivity contribution in [3.8, 4) is 0 Å². The molecule has 0 saturated carbocycles. The summed E-state index contributed by atoms with van der Waals surface area (Å²) < 4.78 is 2.80. The average Bonchev–Trinajstić information content (AvgIpc) is 2.93. The van der Waals surface area contributed by atoms with E-state index in [-0.39, 0.29) is 11.9 Å². The van der Waals surface area contributed by atoms with Gasteiger partial charge in [0.15, 0.2) is 0 Å². The third-order valence-corrected chi connectivity index (χ3v) is 3.83. The molecule has 0 aliphatic carbocycles. The van der Waals surface area contributed by atoms with Crippen LogP contribution < -0.4 is 5.32 Å². The smallest absolute Gasteiger partial charge is 0.270 e. The van der Waals surface area contributed by atoms with Crippen LogP contribution in [0.2, 0.25) is 0 Å². The molecule has 6 heteroatoms. The fourth-order valence-electron chi connectivity index (χ4n) is 2.29. The Kier molecular flexibility index (Phi) is 4.09. The van der Waals surface area contributed by atoms with E-state index >= 15 is 0 Å². The van der Waals surface area contributed by atoms with Crippen molar-refractivity contribution < 1.29 is 9.90 Å². The van der Waals surface area contributed by atoms with Crippen LogP contribution in [-0.4, -0.2) is 52.8 Å². The van der Waals surface area contributed by atoms with Crippen LogP contribution in [0, 0.1) is 0 Å². The van der Waals surface area contributed by atoms with Gasteiger partial charge in [0.2, 0.25) is 0 Å². The number of nitrogens with one attached hydrogen (secondary N) is 1. The fourth-order valence-corrected chi connectivity index (χ4v) is 2.76. The summed E-state index contributed by atoms with van der Waals surface area (Å²) in [6, 6.07) is 1.66. The van der Waals surface area contributed by atoms with Crippen molar-refractivity contribution >= 4 is 21.8 Å². The number of aliphatic hydroxyl groups excluding tert-OH is 1. The molecule has 2 N–H and O–H groups in total. The molecule has 1 aliphatic heterocycles. The second kappa shape index (κ2) is 5.42. The largest absolute Gasteiger partial charge is 0.390 e. The Labute approximate surface area is 115 Å². The molecule has 2 heterocycles. The summed E-state index contributed by atoms with van der Waals surface area (Å²) >= 11 is 3.38. The molecule has 2 atom stereocenters. The van der Waals surface area contributed by atoms with Crippen LogP contribution >= 0.6 is 15.9 Å². The van der Waals surface area contributed by atoms with Gasteiger partial charge in [-0.25, -0.2) is 0 Å². The molecule has 0 spiro atoms. The monoisotopic (exact) mass is 315 g/mol. The van der Waals surface area contributed by atoms with Crippen molar-refractivity contribution in [2.45, 2.75) is 25.6 Å². The number of β-amino-alcohol motifs (C(OH)–C–C–N with tert-alkyl or cyclic N) is 1. The second-order valence-electron chi connectivity index (χ2n) is 4.54. The van der Waals surface area contributed by atoms with Crippen molar-refractivity contribution in [3.05, 3.63) is 22.4 Å². The molecule has 0 aromatic carbocycles. The minimum absolute atomic E-state index is 0.0599. The van der Waals surface area contributed by atoms with Gasteiger partial charge in [0, 0.05) is 37.4 Å². The van der Waals surface area contributed by atoms with Gasteiger partial charge in [-0.05, 0) is 28.9 Å². The number of halogens is 1. The van der Waals surface area contributed by atoms with Crippen LogP contribution in [0.15, 0.2) is 16.7 Å². The zero-order chi connectivity index (χ0) is 13.3. The van der Waals surface area contributed by atoms with Gasteiger partial charge in [-0.2, -0.15) is 0 Å². The number of carbonyl (C=O) groups excluding carboxylic acids is 1. The molecule has 1 fully saturated rings. The van der Waals surface area contributed by atoms with Gasteiger partial charge >= 0.3 is 0 Å². The molecule has 1 saturated heterocycles. The number of likely N-dealkylation sites (N-methyl/N-ethyl adjacent to an activating group) is 1. The lowest BCUT2D eigenvalue weighted by atomic mass is 10.2. The molecule has 1 amide bonds. The normalized spacial score (nSPS) is 23.3. The van der Waals surface area contributed by atoms with Gasteiger partial charge < -0.3 is 19.9 Å². The minimum Gasteiger partial charge on any atom is -0.390 e. The number of aliphatic hydroxyl groups is 1. The summed E-state index contributed by atoms with van der Waals surface area (Å²) in [5.41, 5.74) is 0.644. The molecule has 0 unspecified atom stereocenters. The molecular weight excluding hydrogens is 298 g/mol. The number of amides is 1. The molecule has 18 heavy (non-hydrogen) atoms. The lowest BCUT2D eigenvalue weighted by Gasteiger charge is -2.26. The van der Waals surface area contributed by atoms with Gasteiger partial charge in [-0.3, -0.25) is 4.79 Å². The highest BCUT2D eigenvalue weighted by Crippen LogP contribution is 2.18. The number of nitrogens with zero attached hydrogens (tertiary/aromatic N) is 2. The first-order valence-electron chi connectivity index (χ1n) is 6.06.